The van der Waals surface area contributed by atoms with Gasteiger partial charge < -0.3 is 15.1 Å². The molecule has 0 spiro atoms. The number of thiophene rings is 1. The zero-order valence-corrected chi connectivity index (χ0v) is 15.5. The quantitative estimate of drug-likeness (QED) is 0.490. The van der Waals surface area contributed by atoms with Gasteiger partial charge in [0.1, 0.15) is 11.8 Å². The molecule has 4 nitrogen and oxygen atoms in total. The maximum atomic E-state index is 12.5. The minimum Gasteiger partial charge on any atom is -0.467 e. The highest BCUT2D eigenvalue weighted by atomic mass is 32.1. The molecule has 2 heterocycles. The Bertz CT molecular complexity index is 1010. The minimum atomic E-state index is -0.317. The number of hydrogen-bond acceptors (Lipinski definition) is 3. The van der Waals surface area contributed by atoms with Crippen LogP contribution in [0.5, 0.6) is 0 Å². The van der Waals surface area contributed by atoms with Gasteiger partial charge in [-0.3, -0.25) is 0 Å². The summed E-state index contributed by atoms with van der Waals surface area (Å²) in [5, 5.41) is 9.41. The Hall–Kier alpha value is -3.05. The van der Waals surface area contributed by atoms with Crippen LogP contribution >= 0.6 is 11.3 Å². The first-order valence-electron chi connectivity index (χ1n) is 8.89. The molecule has 0 radical (unpaired) electrons. The molecule has 5 heteroatoms. The number of urea groups is 1. The summed E-state index contributed by atoms with van der Waals surface area (Å²) in [5.74, 6) is 0.708. The number of nitrogens with one attached hydrogen (secondary N) is 2. The number of furan rings is 1. The van der Waals surface area contributed by atoms with Crippen molar-refractivity contribution in [3.63, 3.8) is 0 Å². The Kier molecular flexibility index (Phi) is 5.21. The van der Waals surface area contributed by atoms with Crippen molar-refractivity contribution in [1.29, 1.82) is 0 Å². The van der Waals surface area contributed by atoms with Crippen molar-refractivity contribution in [2.45, 2.75) is 12.5 Å². The fraction of sp³-hybridized carbons (Fsp3) is 0.136. The number of hydrogen-bond donors (Lipinski definition) is 2. The van der Waals surface area contributed by atoms with E-state index >= 15 is 0 Å². The molecule has 27 heavy (non-hydrogen) atoms. The molecule has 2 aromatic carbocycles. The summed E-state index contributed by atoms with van der Waals surface area (Å²) in [5.41, 5.74) is 2.24. The molecular weight excluding hydrogens is 356 g/mol. The van der Waals surface area contributed by atoms with E-state index in [-0.39, 0.29) is 12.1 Å². The van der Waals surface area contributed by atoms with Crippen molar-refractivity contribution in [3.05, 3.63) is 95.3 Å². The normalized spacial score (nSPS) is 12.0. The lowest BCUT2D eigenvalue weighted by Crippen LogP contribution is -2.39. The summed E-state index contributed by atoms with van der Waals surface area (Å²) >= 11 is 1.74. The summed E-state index contributed by atoms with van der Waals surface area (Å²) in [6.07, 6.45) is 2.42. The summed E-state index contributed by atoms with van der Waals surface area (Å²) in [6.45, 7) is 0.576. The van der Waals surface area contributed by atoms with Gasteiger partial charge in [0, 0.05) is 11.2 Å². The van der Waals surface area contributed by atoms with Crippen LogP contribution in [-0.4, -0.2) is 12.6 Å². The van der Waals surface area contributed by atoms with E-state index in [9.17, 15) is 4.79 Å². The van der Waals surface area contributed by atoms with Gasteiger partial charge in [-0.15, -0.1) is 11.3 Å². The average Bonchev–Trinajstić information content (AvgIpc) is 3.37. The minimum absolute atomic E-state index is 0.209. The molecule has 2 amide bonds. The molecule has 4 rings (SSSR count). The third-order valence-corrected chi connectivity index (χ3v) is 5.49. The summed E-state index contributed by atoms with van der Waals surface area (Å²) in [7, 11) is 0. The number of benzene rings is 2. The third-order valence-electron chi connectivity index (χ3n) is 4.48. The van der Waals surface area contributed by atoms with E-state index in [0.29, 0.717) is 12.3 Å². The van der Waals surface area contributed by atoms with Gasteiger partial charge in [0.15, 0.2) is 0 Å². The molecule has 2 aromatic heterocycles. The van der Waals surface area contributed by atoms with Crippen molar-refractivity contribution < 1.29 is 9.21 Å². The number of amides is 2. The number of carbonyl (C=O) groups excluding carboxylic acids is 1. The van der Waals surface area contributed by atoms with Gasteiger partial charge in [-0.05, 0) is 46.5 Å². The maximum absolute atomic E-state index is 12.5. The summed E-state index contributed by atoms with van der Waals surface area (Å²) in [6, 6.07) is 21.3. The van der Waals surface area contributed by atoms with Crippen molar-refractivity contribution >= 4 is 27.5 Å². The molecule has 0 aliphatic heterocycles. The zero-order valence-electron chi connectivity index (χ0n) is 14.7. The number of rotatable bonds is 6. The van der Waals surface area contributed by atoms with Crippen LogP contribution in [0.15, 0.2) is 82.8 Å². The highest BCUT2D eigenvalue weighted by Gasteiger charge is 2.19. The van der Waals surface area contributed by atoms with E-state index in [1.807, 2.05) is 54.6 Å². The molecule has 1 unspecified atom stereocenters. The fourth-order valence-electron chi connectivity index (χ4n) is 3.14. The van der Waals surface area contributed by atoms with E-state index in [1.54, 1.807) is 17.6 Å². The van der Waals surface area contributed by atoms with Crippen LogP contribution < -0.4 is 10.6 Å². The van der Waals surface area contributed by atoms with E-state index in [2.05, 4.69) is 28.1 Å². The molecule has 0 fully saturated rings. The highest BCUT2D eigenvalue weighted by molar-refractivity contribution is 7.17. The maximum Gasteiger partial charge on any atom is 0.315 e. The second-order valence-corrected chi connectivity index (χ2v) is 7.18. The summed E-state index contributed by atoms with van der Waals surface area (Å²) < 4.78 is 6.80. The lowest BCUT2D eigenvalue weighted by atomic mass is 10.1. The molecule has 0 aliphatic rings. The lowest BCUT2D eigenvalue weighted by molar-refractivity contribution is 0.237. The monoisotopic (exact) mass is 376 g/mol. The number of fused-ring (bicyclic) bond motifs is 1. The predicted octanol–water partition coefficient (Wildman–Crippen LogP) is 5.13. The predicted molar refractivity (Wildman–Crippen MR) is 109 cm³/mol. The van der Waals surface area contributed by atoms with Gasteiger partial charge >= 0.3 is 6.03 Å². The van der Waals surface area contributed by atoms with Gasteiger partial charge in [0.25, 0.3) is 0 Å². The molecule has 0 saturated carbocycles. The molecule has 4 aromatic rings. The van der Waals surface area contributed by atoms with Gasteiger partial charge in [-0.2, -0.15) is 0 Å². The molecule has 0 saturated heterocycles. The van der Waals surface area contributed by atoms with E-state index in [4.69, 9.17) is 4.42 Å². The standard InChI is InChI=1S/C22H20N2O2S/c25-22(23-13-12-17-15-27-20-11-5-4-9-18(17)20)24-21(19-10-6-14-26-19)16-7-2-1-3-8-16/h1-11,14-15,21H,12-13H2,(H2,23,24,25). The third kappa shape index (κ3) is 4.04. The van der Waals surface area contributed by atoms with Crippen LogP contribution in [-0.2, 0) is 6.42 Å². The van der Waals surface area contributed by atoms with Gasteiger partial charge in [-0.1, -0.05) is 48.5 Å². The van der Waals surface area contributed by atoms with Crippen LogP contribution in [0.2, 0.25) is 0 Å². The molecule has 136 valence electrons. The first-order valence-corrected chi connectivity index (χ1v) is 9.77. The first-order chi connectivity index (χ1) is 13.3. The van der Waals surface area contributed by atoms with Crippen LogP contribution in [0.3, 0.4) is 0 Å². The van der Waals surface area contributed by atoms with Crippen LogP contribution in [0.25, 0.3) is 10.1 Å². The first kappa shape index (κ1) is 17.4. The second kappa shape index (κ2) is 8.10. The van der Waals surface area contributed by atoms with Gasteiger partial charge in [-0.25, -0.2) is 4.79 Å². The smallest absolute Gasteiger partial charge is 0.315 e. The average molecular weight is 376 g/mol. The Morgan fingerprint density at radius 2 is 1.81 bits per heavy atom. The summed E-state index contributed by atoms with van der Waals surface area (Å²) in [4.78, 5) is 12.5. The van der Waals surface area contributed by atoms with E-state index < -0.39 is 0 Å². The van der Waals surface area contributed by atoms with Crippen molar-refractivity contribution in [3.8, 4) is 0 Å². The number of carbonyl (C=O) groups is 1. The molecule has 0 aliphatic carbocycles. The Balaban J connectivity index is 1.39. The Morgan fingerprint density at radius 3 is 2.63 bits per heavy atom. The Labute approximate surface area is 161 Å². The highest BCUT2D eigenvalue weighted by Crippen LogP contribution is 2.26. The van der Waals surface area contributed by atoms with Crippen molar-refractivity contribution in [2.24, 2.45) is 0 Å². The Morgan fingerprint density at radius 1 is 1.00 bits per heavy atom. The molecule has 0 bridgehead atoms. The van der Waals surface area contributed by atoms with Gasteiger partial charge in [0.05, 0.1) is 6.26 Å². The second-order valence-electron chi connectivity index (χ2n) is 6.27. The van der Waals surface area contributed by atoms with Gasteiger partial charge in [0.2, 0.25) is 0 Å². The van der Waals surface area contributed by atoms with Crippen molar-refractivity contribution in [2.75, 3.05) is 6.54 Å². The van der Waals surface area contributed by atoms with Crippen LogP contribution in [0.1, 0.15) is 22.9 Å². The van der Waals surface area contributed by atoms with E-state index in [1.165, 1.54) is 15.6 Å². The zero-order chi connectivity index (χ0) is 18.5. The molecule has 1 atom stereocenters. The lowest BCUT2D eigenvalue weighted by Gasteiger charge is -2.17. The fourth-order valence-corrected chi connectivity index (χ4v) is 4.14. The van der Waals surface area contributed by atoms with Crippen LogP contribution in [0.4, 0.5) is 4.79 Å². The van der Waals surface area contributed by atoms with Crippen LogP contribution in [0, 0.1) is 0 Å². The van der Waals surface area contributed by atoms with Crippen molar-refractivity contribution in [1.82, 2.24) is 10.6 Å². The molecule has 2 N–H and O–H groups in total. The van der Waals surface area contributed by atoms with E-state index in [0.717, 1.165) is 12.0 Å². The topological polar surface area (TPSA) is 54.3 Å². The molecular formula is C22H20N2O2S. The SMILES string of the molecule is O=C(NCCc1csc2ccccc12)NC(c1ccccc1)c1ccco1. The largest absolute Gasteiger partial charge is 0.467 e.